The molecular weight excluding hydrogens is 174 g/mol. The number of rotatable bonds is 4. The molecule has 0 spiro atoms. The first-order chi connectivity index (χ1) is 6.86. The highest BCUT2D eigenvalue weighted by Crippen LogP contribution is 2.18. The van der Waals surface area contributed by atoms with Crippen molar-refractivity contribution in [1.29, 1.82) is 0 Å². The smallest absolute Gasteiger partial charge is 0.0434 e. The highest BCUT2D eigenvalue weighted by molar-refractivity contribution is 4.95. The summed E-state index contributed by atoms with van der Waals surface area (Å²) >= 11 is 0. The van der Waals surface area contributed by atoms with E-state index in [0.717, 1.165) is 25.9 Å². The van der Waals surface area contributed by atoms with Crippen molar-refractivity contribution in [2.24, 2.45) is 5.92 Å². The van der Waals surface area contributed by atoms with Gasteiger partial charge in [-0.05, 0) is 38.6 Å². The van der Waals surface area contributed by atoms with Crippen LogP contribution in [0.5, 0.6) is 0 Å². The average Bonchev–Trinajstić information content (AvgIpc) is 2.19. The predicted octanol–water partition coefficient (Wildman–Crippen LogP) is 1.49. The van der Waals surface area contributed by atoms with Crippen LogP contribution in [0.1, 0.15) is 32.6 Å². The first kappa shape index (κ1) is 11.6. The Morgan fingerprint density at radius 1 is 1.50 bits per heavy atom. The minimum Gasteiger partial charge on any atom is -0.396 e. The third kappa shape index (κ3) is 4.13. The van der Waals surface area contributed by atoms with Crippen molar-refractivity contribution in [3.8, 4) is 11.8 Å². The molecule has 0 bridgehead atoms. The molecule has 1 aliphatic heterocycles. The van der Waals surface area contributed by atoms with Gasteiger partial charge in [0, 0.05) is 26.1 Å². The maximum Gasteiger partial charge on any atom is 0.0434 e. The Morgan fingerprint density at radius 2 is 2.36 bits per heavy atom. The van der Waals surface area contributed by atoms with E-state index in [1.165, 1.54) is 19.4 Å². The first-order valence-electron chi connectivity index (χ1n) is 5.59. The fourth-order valence-corrected chi connectivity index (χ4v) is 2.11. The van der Waals surface area contributed by atoms with Gasteiger partial charge in [0.1, 0.15) is 0 Å². The van der Waals surface area contributed by atoms with E-state index < -0.39 is 0 Å². The molecule has 0 radical (unpaired) electrons. The Bertz CT molecular complexity index is 202. The lowest BCUT2D eigenvalue weighted by atomic mass is 9.95. The molecule has 0 aliphatic carbocycles. The molecule has 0 aromatic heterocycles. The summed E-state index contributed by atoms with van der Waals surface area (Å²) in [6.45, 7) is 5.71. The van der Waals surface area contributed by atoms with Crippen LogP contribution in [0.25, 0.3) is 0 Å². The maximum absolute atomic E-state index is 8.88. The van der Waals surface area contributed by atoms with E-state index in [1.807, 2.05) is 6.92 Å². The summed E-state index contributed by atoms with van der Waals surface area (Å²) in [5.41, 5.74) is 0. The topological polar surface area (TPSA) is 23.5 Å². The molecule has 80 valence electrons. The molecule has 1 rings (SSSR count). The van der Waals surface area contributed by atoms with Crippen LogP contribution in [0, 0.1) is 17.8 Å². The van der Waals surface area contributed by atoms with Crippen molar-refractivity contribution < 1.29 is 5.11 Å². The Kier molecular flexibility index (Phi) is 5.66. The second-order valence-corrected chi connectivity index (χ2v) is 4.00. The maximum atomic E-state index is 8.88. The quantitative estimate of drug-likeness (QED) is 0.687. The van der Waals surface area contributed by atoms with Gasteiger partial charge in [-0.3, -0.25) is 0 Å². The molecule has 1 saturated heterocycles. The minimum absolute atomic E-state index is 0.341. The van der Waals surface area contributed by atoms with Crippen LogP contribution >= 0.6 is 0 Å². The summed E-state index contributed by atoms with van der Waals surface area (Å²) < 4.78 is 0. The van der Waals surface area contributed by atoms with Gasteiger partial charge < -0.3 is 10.0 Å². The lowest BCUT2D eigenvalue weighted by Gasteiger charge is -2.31. The van der Waals surface area contributed by atoms with E-state index >= 15 is 0 Å². The summed E-state index contributed by atoms with van der Waals surface area (Å²) in [7, 11) is 0. The van der Waals surface area contributed by atoms with Gasteiger partial charge in [0.15, 0.2) is 0 Å². The average molecular weight is 195 g/mol. The molecule has 0 aromatic rings. The molecule has 1 fully saturated rings. The lowest BCUT2D eigenvalue weighted by molar-refractivity contribution is 0.150. The van der Waals surface area contributed by atoms with Crippen molar-refractivity contribution in [3.63, 3.8) is 0 Å². The number of hydrogen-bond acceptors (Lipinski definition) is 2. The molecule has 0 aromatic carbocycles. The first-order valence-corrected chi connectivity index (χ1v) is 5.59. The molecule has 1 unspecified atom stereocenters. The van der Waals surface area contributed by atoms with Gasteiger partial charge in [-0.15, -0.1) is 11.8 Å². The summed E-state index contributed by atoms with van der Waals surface area (Å²) in [4.78, 5) is 2.48. The molecule has 1 heterocycles. The lowest BCUT2D eigenvalue weighted by Crippen LogP contribution is -2.36. The number of aliphatic hydroxyl groups excluding tert-OH is 1. The Hall–Kier alpha value is -0.520. The minimum atomic E-state index is 0.341. The molecule has 2 nitrogen and oxygen atoms in total. The van der Waals surface area contributed by atoms with E-state index in [2.05, 4.69) is 16.7 Å². The van der Waals surface area contributed by atoms with Crippen LogP contribution in [0.2, 0.25) is 0 Å². The summed E-state index contributed by atoms with van der Waals surface area (Å²) in [6, 6.07) is 0. The highest BCUT2D eigenvalue weighted by atomic mass is 16.3. The summed E-state index contributed by atoms with van der Waals surface area (Å²) in [6.07, 6.45) is 4.53. The van der Waals surface area contributed by atoms with Crippen molar-refractivity contribution in [1.82, 2.24) is 4.90 Å². The fourth-order valence-electron chi connectivity index (χ4n) is 2.11. The van der Waals surface area contributed by atoms with Crippen LogP contribution in [0.3, 0.4) is 0 Å². The molecule has 1 aliphatic rings. The van der Waals surface area contributed by atoms with Gasteiger partial charge in [0.2, 0.25) is 0 Å². The van der Waals surface area contributed by atoms with Crippen molar-refractivity contribution >= 4 is 0 Å². The van der Waals surface area contributed by atoms with Crippen LogP contribution in [0.4, 0.5) is 0 Å². The molecule has 1 N–H and O–H groups in total. The van der Waals surface area contributed by atoms with Crippen LogP contribution in [0.15, 0.2) is 0 Å². The Labute approximate surface area is 87.3 Å². The predicted molar refractivity (Wildman–Crippen MR) is 58.9 cm³/mol. The standard InChI is InChI=1S/C12H21NO/c1-2-3-4-8-13-9-5-6-12(11-13)7-10-14/h12,14H,4-11H2,1H3. The van der Waals surface area contributed by atoms with E-state index in [0.29, 0.717) is 12.5 Å². The zero-order valence-corrected chi connectivity index (χ0v) is 9.13. The van der Waals surface area contributed by atoms with Crippen LogP contribution in [-0.4, -0.2) is 36.2 Å². The number of likely N-dealkylation sites (tertiary alicyclic amines) is 1. The van der Waals surface area contributed by atoms with E-state index in [4.69, 9.17) is 5.11 Å². The van der Waals surface area contributed by atoms with Crippen LogP contribution < -0.4 is 0 Å². The van der Waals surface area contributed by atoms with Crippen molar-refractivity contribution in [2.45, 2.75) is 32.6 Å². The summed E-state index contributed by atoms with van der Waals surface area (Å²) in [5.74, 6) is 6.74. The number of hydrogen-bond donors (Lipinski definition) is 1. The normalized spacial score (nSPS) is 22.9. The van der Waals surface area contributed by atoms with Gasteiger partial charge >= 0.3 is 0 Å². The third-order valence-corrected chi connectivity index (χ3v) is 2.87. The summed E-state index contributed by atoms with van der Waals surface area (Å²) in [5, 5.41) is 8.88. The largest absolute Gasteiger partial charge is 0.396 e. The Morgan fingerprint density at radius 3 is 3.07 bits per heavy atom. The van der Waals surface area contributed by atoms with Crippen LogP contribution in [-0.2, 0) is 0 Å². The molecular formula is C12H21NO. The van der Waals surface area contributed by atoms with Gasteiger partial charge in [0.25, 0.3) is 0 Å². The highest BCUT2D eigenvalue weighted by Gasteiger charge is 2.18. The molecule has 14 heavy (non-hydrogen) atoms. The van der Waals surface area contributed by atoms with Gasteiger partial charge in [-0.2, -0.15) is 0 Å². The zero-order chi connectivity index (χ0) is 10.2. The van der Waals surface area contributed by atoms with Gasteiger partial charge in [0.05, 0.1) is 0 Å². The SMILES string of the molecule is CC#CCCN1CCCC(CCO)C1. The monoisotopic (exact) mass is 195 g/mol. The fraction of sp³-hybridized carbons (Fsp3) is 0.833. The molecule has 0 saturated carbocycles. The third-order valence-electron chi connectivity index (χ3n) is 2.87. The van der Waals surface area contributed by atoms with Crippen molar-refractivity contribution in [3.05, 3.63) is 0 Å². The van der Waals surface area contributed by atoms with E-state index in [1.54, 1.807) is 0 Å². The Balaban J connectivity index is 2.20. The second kappa shape index (κ2) is 6.86. The van der Waals surface area contributed by atoms with E-state index in [9.17, 15) is 0 Å². The molecule has 1 atom stereocenters. The zero-order valence-electron chi connectivity index (χ0n) is 9.13. The van der Waals surface area contributed by atoms with E-state index in [-0.39, 0.29) is 0 Å². The van der Waals surface area contributed by atoms with Gasteiger partial charge in [-0.1, -0.05) is 0 Å². The molecule has 2 heteroatoms. The number of piperidine rings is 1. The number of aliphatic hydroxyl groups is 1. The second-order valence-electron chi connectivity index (χ2n) is 4.00. The van der Waals surface area contributed by atoms with Gasteiger partial charge in [-0.25, -0.2) is 0 Å². The molecule has 0 amide bonds. The number of nitrogens with zero attached hydrogens (tertiary/aromatic N) is 1. The van der Waals surface area contributed by atoms with Crippen molar-refractivity contribution in [2.75, 3.05) is 26.2 Å².